The van der Waals surface area contributed by atoms with E-state index in [0.717, 1.165) is 57.3 Å². The van der Waals surface area contributed by atoms with E-state index in [-0.39, 0.29) is 5.95 Å². The van der Waals surface area contributed by atoms with Crippen molar-refractivity contribution in [3.8, 4) is 0 Å². The Hall–Kier alpha value is -3.32. The molecule has 1 aromatic heterocycles. The lowest BCUT2D eigenvalue weighted by atomic mass is 10.00. The largest absolute Gasteiger partial charge is 0.378 e. The standard InChI is InChI=1S/C23H26N6O/c24-23-26-21(25-19-5-7-20(8-6-19)28-11-13-30-14-12-28)15-22(27-23)29-10-9-17-3-1-2-4-18(17)16-29/h1-8,15H,9-14,16H2,(H3,24,25,26,27). The Morgan fingerprint density at radius 3 is 2.43 bits per heavy atom. The van der Waals surface area contributed by atoms with Crippen LogP contribution in [0.2, 0.25) is 0 Å². The Balaban J connectivity index is 1.31. The van der Waals surface area contributed by atoms with Crippen LogP contribution in [0.25, 0.3) is 0 Å². The molecule has 1 fully saturated rings. The van der Waals surface area contributed by atoms with Gasteiger partial charge in [0.15, 0.2) is 0 Å². The fourth-order valence-corrected chi connectivity index (χ4v) is 4.09. The predicted octanol–water partition coefficient (Wildman–Crippen LogP) is 3.20. The zero-order chi connectivity index (χ0) is 20.3. The van der Waals surface area contributed by atoms with Crippen LogP contribution >= 0.6 is 0 Å². The number of morpholine rings is 1. The number of nitrogen functional groups attached to an aromatic ring is 1. The highest BCUT2D eigenvalue weighted by Gasteiger charge is 2.18. The molecule has 0 spiro atoms. The Morgan fingerprint density at radius 2 is 1.63 bits per heavy atom. The lowest BCUT2D eigenvalue weighted by Crippen LogP contribution is -2.36. The lowest BCUT2D eigenvalue weighted by molar-refractivity contribution is 0.122. The molecule has 0 bridgehead atoms. The van der Waals surface area contributed by atoms with Gasteiger partial charge in [-0.3, -0.25) is 0 Å². The molecule has 2 aliphatic rings. The van der Waals surface area contributed by atoms with E-state index in [9.17, 15) is 0 Å². The first-order valence-electron chi connectivity index (χ1n) is 10.4. The second kappa shape index (κ2) is 8.20. The minimum atomic E-state index is 0.277. The van der Waals surface area contributed by atoms with Crippen LogP contribution in [0, 0.1) is 0 Å². The number of aromatic nitrogens is 2. The summed E-state index contributed by atoms with van der Waals surface area (Å²) < 4.78 is 5.43. The molecule has 0 unspecified atom stereocenters. The van der Waals surface area contributed by atoms with E-state index >= 15 is 0 Å². The molecule has 0 saturated carbocycles. The van der Waals surface area contributed by atoms with Crippen molar-refractivity contribution in [1.29, 1.82) is 0 Å². The third-order valence-electron chi connectivity index (χ3n) is 5.70. The second-order valence-electron chi connectivity index (χ2n) is 7.68. The van der Waals surface area contributed by atoms with Gasteiger partial charge in [0.1, 0.15) is 11.6 Å². The second-order valence-corrected chi connectivity index (χ2v) is 7.68. The van der Waals surface area contributed by atoms with Crippen LogP contribution < -0.4 is 20.9 Å². The summed E-state index contributed by atoms with van der Waals surface area (Å²) in [6, 6.07) is 18.9. The number of fused-ring (bicyclic) bond motifs is 1. The average molecular weight is 403 g/mol. The summed E-state index contributed by atoms with van der Waals surface area (Å²) in [5.41, 5.74) is 11.0. The number of hydrogen-bond acceptors (Lipinski definition) is 7. The highest BCUT2D eigenvalue weighted by Crippen LogP contribution is 2.27. The van der Waals surface area contributed by atoms with Crippen molar-refractivity contribution >= 4 is 29.0 Å². The summed E-state index contributed by atoms with van der Waals surface area (Å²) in [5.74, 6) is 1.83. The maximum Gasteiger partial charge on any atom is 0.223 e. The molecule has 30 heavy (non-hydrogen) atoms. The molecule has 0 aliphatic carbocycles. The quantitative estimate of drug-likeness (QED) is 0.694. The van der Waals surface area contributed by atoms with Crippen LogP contribution in [0.15, 0.2) is 54.6 Å². The molecule has 3 heterocycles. The summed E-state index contributed by atoms with van der Waals surface area (Å²) in [6.45, 7) is 5.17. The molecule has 0 atom stereocenters. The molecule has 2 aromatic carbocycles. The van der Waals surface area contributed by atoms with E-state index in [2.05, 4.69) is 73.6 Å². The number of rotatable bonds is 4. The van der Waals surface area contributed by atoms with Gasteiger partial charge >= 0.3 is 0 Å². The van der Waals surface area contributed by atoms with E-state index < -0.39 is 0 Å². The van der Waals surface area contributed by atoms with Crippen molar-refractivity contribution in [2.24, 2.45) is 0 Å². The minimum Gasteiger partial charge on any atom is -0.378 e. The predicted molar refractivity (Wildman–Crippen MR) is 120 cm³/mol. The first-order chi connectivity index (χ1) is 14.7. The summed E-state index contributed by atoms with van der Waals surface area (Å²) in [6.07, 6.45) is 1.01. The summed E-state index contributed by atoms with van der Waals surface area (Å²) in [5, 5.41) is 3.37. The first-order valence-corrected chi connectivity index (χ1v) is 10.4. The molecule has 2 aliphatic heterocycles. The third-order valence-corrected chi connectivity index (χ3v) is 5.70. The minimum absolute atomic E-state index is 0.277. The smallest absolute Gasteiger partial charge is 0.223 e. The third kappa shape index (κ3) is 4.02. The molecule has 3 aromatic rings. The van der Waals surface area contributed by atoms with Gasteiger partial charge in [-0.15, -0.1) is 0 Å². The maximum atomic E-state index is 6.03. The Morgan fingerprint density at radius 1 is 0.867 bits per heavy atom. The number of nitrogens with two attached hydrogens (primary N) is 1. The van der Waals surface area contributed by atoms with E-state index in [0.29, 0.717) is 5.82 Å². The SMILES string of the molecule is Nc1nc(Nc2ccc(N3CCOCC3)cc2)cc(N2CCc3ccccc3C2)n1. The summed E-state index contributed by atoms with van der Waals surface area (Å²) in [4.78, 5) is 13.5. The first kappa shape index (κ1) is 18.7. The number of nitrogens with one attached hydrogen (secondary N) is 1. The van der Waals surface area contributed by atoms with Crippen molar-refractivity contribution in [3.05, 3.63) is 65.7 Å². The Bertz CT molecular complexity index is 1020. The van der Waals surface area contributed by atoms with E-state index in [1.807, 2.05) is 6.07 Å². The molecule has 3 N–H and O–H groups in total. The molecule has 7 heteroatoms. The fourth-order valence-electron chi connectivity index (χ4n) is 4.09. The van der Waals surface area contributed by atoms with Crippen LogP contribution in [0.4, 0.5) is 29.0 Å². The van der Waals surface area contributed by atoms with E-state index in [4.69, 9.17) is 10.5 Å². The molecule has 7 nitrogen and oxygen atoms in total. The van der Waals surface area contributed by atoms with Gasteiger partial charge in [0, 0.05) is 43.6 Å². The van der Waals surface area contributed by atoms with Crippen molar-refractivity contribution in [3.63, 3.8) is 0 Å². The summed E-state index contributed by atoms with van der Waals surface area (Å²) >= 11 is 0. The van der Waals surface area contributed by atoms with Crippen molar-refractivity contribution in [1.82, 2.24) is 9.97 Å². The zero-order valence-corrected chi connectivity index (χ0v) is 16.9. The van der Waals surface area contributed by atoms with Crippen LogP contribution in [0.1, 0.15) is 11.1 Å². The molecule has 0 amide bonds. The van der Waals surface area contributed by atoms with Crippen molar-refractivity contribution in [2.75, 3.05) is 53.7 Å². The highest BCUT2D eigenvalue weighted by atomic mass is 16.5. The van der Waals surface area contributed by atoms with Gasteiger partial charge in [-0.2, -0.15) is 9.97 Å². The number of ether oxygens (including phenoxy) is 1. The normalized spacial score (nSPS) is 16.3. The Labute approximate surface area is 176 Å². The molecular formula is C23H26N6O. The van der Waals surface area contributed by atoms with Gasteiger partial charge in [0.25, 0.3) is 0 Å². The monoisotopic (exact) mass is 402 g/mol. The number of benzene rings is 2. The molecule has 1 saturated heterocycles. The summed E-state index contributed by atoms with van der Waals surface area (Å²) in [7, 11) is 0. The highest BCUT2D eigenvalue weighted by molar-refractivity contribution is 5.64. The van der Waals surface area contributed by atoms with Gasteiger partial charge in [0.2, 0.25) is 5.95 Å². The molecule has 154 valence electrons. The maximum absolute atomic E-state index is 6.03. The molecule has 0 radical (unpaired) electrons. The fraction of sp³-hybridized carbons (Fsp3) is 0.304. The van der Waals surface area contributed by atoms with Crippen LogP contribution in [-0.2, 0) is 17.7 Å². The van der Waals surface area contributed by atoms with Gasteiger partial charge in [0.05, 0.1) is 13.2 Å². The van der Waals surface area contributed by atoms with Crippen LogP contribution in [0.3, 0.4) is 0 Å². The topological polar surface area (TPSA) is 79.5 Å². The Kier molecular flexibility index (Phi) is 5.11. The van der Waals surface area contributed by atoms with Gasteiger partial charge in [-0.25, -0.2) is 0 Å². The van der Waals surface area contributed by atoms with Gasteiger partial charge < -0.3 is 25.6 Å². The average Bonchev–Trinajstić information content (AvgIpc) is 2.79. The van der Waals surface area contributed by atoms with E-state index in [1.54, 1.807) is 0 Å². The number of anilines is 5. The van der Waals surface area contributed by atoms with Gasteiger partial charge in [-0.1, -0.05) is 24.3 Å². The van der Waals surface area contributed by atoms with Crippen molar-refractivity contribution < 1.29 is 4.74 Å². The van der Waals surface area contributed by atoms with Gasteiger partial charge in [-0.05, 0) is 41.8 Å². The molecule has 5 rings (SSSR count). The lowest BCUT2D eigenvalue weighted by Gasteiger charge is -2.30. The number of nitrogens with zero attached hydrogens (tertiary/aromatic N) is 4. The van der Waals surface area contributed by atoms with Crippen LogP contribution in [-0.4, -0.2) is 42.8 Å². The van der Waals surface area contributed by atoms with Crippen molar-refractivity contribution in [2.45, 2.75) is 13.0 Å². The molecular weight excluding hydrogens is 376 g/mol. The van der Waals surface area contributed by atoms with E-state index in [1.165, 1.54) is 16.8 Å². The zero-order valence-electron chi connectivity index (χ0n) is 16.9. The van der Waals surface area contributed by atoms with Crippen LogP contribution in [0.5, 0.6) is 0 Å². The number of hydrogen-bond donors (Lipinski definition) is 2.